The predicted molar refractivity (Wildman–Crippen MR) is 138 cm³/mol. The van der Waals surface area contributed by atoms with Crippen LogP contribution in [0.5, 0.6) is 5.75 Å². The van der Waals surface area contributed by atoms with E-state index in [-0.39, 0.29) is 17.4 Å². The van der Waals surface area contributed by atoms with Crippen molar-refractivity contribution in [3.8, 4) is 22.8 Å². The van der Waals surface area contributed by atoms with Crippen molar-refractivity contribution in [1.82, 2.24) is 34.6 Å². The van der Waals surface area contributed by atoms with Crippen LogP contribution in [0, 0.1) is 5.92 Å². The lowest BCUT2D eigenvalue weighted by atomic mass is 9.96. The molecule has 5 rings (SSSR count). The van der Waals surface area contributed by atoms with E-state index in [1.807, 2.05) is 41.1 Å². The molecule has 1 N–H and O–H groups in total. The average Bonchev–Trinajstić information content (AvgIpc) is 3.50. The van der Waals surface area contributed by atoms with Gasteiger partial charge in [-0.1, -0.05) is 0 Å². The molecular formula is C26H28N8O3. The van der Waals surface area contributed by atoms with Crippen LogP contribution in [0.25, 0.3) is 17.1 Å². The first kappa shape index (κ1) is 24.2. The van der Waals surface area contributed by atoms with Crippen molar-refractivity contribution < 1.29 is 9.53 Å². The lowest BCUT2D eigenvalue weighted by Gasteiger charge is -2.32. The molecule has 1 aliphatic rings. The highest BCUT2D eigenvalue weighted by molar-refractivity contribution is 5.79. The van der Waals surface area contributed by atoms with Gasteiger partial charge in [-0.2, -0.15) is 5.10 Å². The highest BCUT2D eigenvalue weighted by Crippen LogP contribution is 2.23. The lowest BCUT2D eigenvalue weighted by molar-refractivity contribution is -0.125. The predicted octanol–water partition coefficient (Wildman–Crippen LogP) is 1.93. The number of amides is 1. The van der Waals surface area contributed by atoms with Crippen LogP contribution >= 0.6 is 0 Å². The van der Waals surface area contributed by atoms with E-state index in [1.54, 1.807) is 32.0 Å². The van der Waals surface area contributed by atoms with Crippen LogP contribution in [-0.2, 0) is 11.3 Å². The van der Waals surface area contributed by atoms with Crippen LogP contribution in [0.2, 0.25) is 0 Å². The van der Waals surface area contributed by atoms with Gasteiger partial charge in [-0.3, -0.25) is 14.2 Å². The standard InChI is InChI=1S/C26H28N8O3/c1-37-21-4-2-19(3-5-21)22-6-7-25(35)34(31-22)15-11-28-26(36)20-8-12-32(13-9-20)23-16-24(30-17-29-23)33-14-10-27-18-33/h2-7,10,14,16-18,20H,8-9,11-13,15H2,1H3,(H,28,36). The van der Waals surface area contributed by atoms with E-state index in [4.69, 9.17) is 4.74 Å². The van der Waals surface area contributed by atoms with Crippen LogP contribution in [-0.4, -0.2) is 62.0 Å². The number of rotatable bonds is 8. The molecule has 4 heterocycles. The number of nitrogens with one attached hydrogen (secondary N) is 1. The maximum absolute atomic E-state index is 12.8. The average molecular weight is 501 g/mol. The molecule has 0 radical (unpaired) electrons. The van der Waals surface area contributed by atoms with E-state index in [0.717, 1.165) is 48.9 Å². The molecule has 190 valence electrons. The Hall–Kier alpha value is -4.54. The van der Waals surface area contributed by atoms with Crippen molar-refractivity contribution in [1.29, 1.82) is 0 Å². The number of imidazole rings is 1. The smallest absolute Gasteiger partial charge is 0.266 e. The molecule has 0 bridgehead atoms. The van der Waals surface area contributed by atoms with E-state index < -0.39 is 0 Å². The molecule has 11 heteroatoms. The highest BCUT2D eigenvalue weighted by Gasteiger charge is 2.25. The van der Waals surface area contributed by atoms with Gasteiger partial charge in [-0.25, -0.2) is 19.6 Å². The molecule has 4 aromatic rings. The van der Waals surface area contributed by atoms with Crippen LogP contribution < -0.4 is 20.5 Å². The number of hydrogen-bond acceptors (Lipinski definition) is 8. The van der Waals surface area contributed by atoms with Crippen LogP contribution in [0.1, 0.15) is 12.8 Å². The molecule has 0 spiro atoms. The molecule has 1 fully saturated rings. The molecule has 1 aliphatic heterocycles. The second-order valence-corrected chi connectivity index (χ2v) is 8.77. The van der Waals surface area contributed by atoms with Crippen molar-refractivity contribution >= 4 is 11.7 Å². The Morgan fingerprint density at radius 2 is 1.86 bits per heavy atom. The summed E-state index contributed by atoms with van der Waals surface area (Å²) < 4.78 is 8.41. The Bertz CT molecular complexity index is 1390. The number of piperidine rings is 1. The third-order valence-corrected chi connectivity index (χ3v) is 6.47. The fourth-order valence-corrected chi connectivity index (χ4v) is 4.37. The van der Waals surface area contributed by atoms with Gasteiger partial charge in [0.1, 0.15) is 30.0 Å². The molecule has 0 saturated carbocycles. The van der Waals surface area contributed by atoms with Crippen LogP contribution in [0.3, 0.4) is 0 Å². The van der Waals surface area contributed by atoms with Gasteiger partial charge in [-0.05, 0) is 43.2 Å². The zero-order valence-corrected chi connectivity index (χ0v) is 20.5. The van der Waals surface area contributed by atoms with Crippen molar-refractivity contribution in [2.45, 2.75) is 19.4 Å². The van der Waals surface area contributed by atoms with Gasteiger partial charge in [-0.15, -0.1) is 0 Å². The van der Waals surface area contributed by atoms with Gasteiger partial charge in [0.2, 0.25) is 5.91 Å². The normalized spacial score (nSPS) is 13.9. The van der Waals surface area contributed by atoms with Crippen molar-refractivity contribution in [3.05, 3.63) is 77.9 Å². The second-order valence-electron chi connectivity index (χ2n) is 8.77. The molecule has 0 aliphatic carbocycles. The summed E-state index contributed by atoms with van der Waals surface area (Å²) in [5.74, 6) is 2.26. The maximum Gasteiger partial charge on any atom is 0.266 e. The van der Waals surface area contributed by atoms with Gasteiger partial charge in [0.25, 0.3) is 5.56 Å². The molecule has 37 heavy (non-hydrogen) atoms. The highest BCUT2D eigenvalue weighted by atomic mass is 16.5. The molecule has 0 unspecified atom stereocenters. The topological polar surface area (TPSA) is 120 Å². The largest absolute Gasteiger partial charge is 0.497 e. The number of ether oxygens (including phenoxy) is 1. The summed E-state index contributed by atoms with van der Waals surface area (Å²) in [7, 11) is 1.61. The Labute approximate surface area is 213 Å². The van der Waals surface area contributed by atoms with E-state index in [1.165, 1.54) is 10.7 Å². The summed E-state index contributed by atoms with van der Waals surface area (Å²) in [4.78, 5) is 40.0. The summed E-state index contributed by atoms with van der Waals surface area (Å²) in [6.07, 6.45) is 8.23. The number of carbonyl (C=O) groups excluding carboxylic acids is 1. The third kappa shape index (κ3) is 5.66. The Balaban J connectivity index is 1.13. The Kier molecular flexibility index (Phi) is 7.20. The minimum absolute atomic E-state index is 0.000741. The molecule has 1 amide bonds. The van der Waals surface area contributed by atoms with Gasteiger partial charge < -0.3 is 15.0 Å². The molecule has 3 aromatic heterocycles. The van der Waals surface area contributed by atoms with E-state index in [2.05, 4.69) is 30.3 Å². The summed E-state index contributed by atoms with van der Waals surface area (Å²) >= 11 is 0. The van der Waals surface area contributed by atoms with Gasteiger partial charge in [0.15, 0.2) is 0 Å². The van der Waals surface area contributed by atoms with Crippen LogP contribution in [0.15, 0.2) is 72.3 Å². The summed E-state index contributed by atoms with van der Waals surface area (Å²) in [6.45, 7) is 2.08. The van der Waals surface area contributed by atoms with Gasteiger partial charge >= 0.3 is 0 Å². The molecule has 0 atom stereocenters. The Morgan fingerprint density at radius 3 is 2.59 bits per heavy atom. The van der Waals surface area contributed by atoms with Gasteiger partial charge in [0, 0.05) is 55.6 Å². The van der Waals surface area contributed by atoms with E-state index in [9.17, 15) is 9.59 Å². The zero-order chi connectivity index (χ0) is 25.6. The monoisotopic (exact) mass is 500 g/mol. The summed E-state index contributed by atoms with van der Waals surface area (Å²) in [6, 6.07) is 12.6. The van der Waals surface area contributed by atoms with Crippen molar-refractivity contribution in [2.24, 2.45) is 5.92 Å². The fraction of sp³-hybridized carbons (Fsp3) is 0.308. The minimum Gasteiger partial charge on any atom is -0.497 e. The summed E-state index contributed by atoms with van der Waals surface area (Å²) in [5.41, 5.74) is 1.35. The first-order chi connectivity index (χ1) is 18.1. The maximum atomic E-state index is 12.8. The first-order valence-electron chi connectivity index (χ1n) is 12.2. The lowest BCUT2D eigenvalue weighted by Crippen LogP contribution is -2.42. The third-order valence-electron chi connectivity index (χ3n) is 6.47. The summed E-state index contributed by atoms with van der Waals surface area (Å²) in [5, 5.41) is 7.44. The zero-order valence-electron chi connectivity index (χ0n) is 20.5. The molecule has 1 saturated heterocycles. The SMILES string of the molecule is COc1ccc(-c2ccc(=O)n(CCNC(=O)C3CCN(c4cc(-n5ccnc5)ncn4)CC3)n2)cc1. The number of anilines is 1. The number of benzene rings is 1. The number of nitrogens with zero attached hydrogens (tertiary/aromatic N) is 7. The van der Waals surface area contributed by atoms with Crippen LogP contribution in [0.4, 0.5) is 5.82 Å². The molecular weight excluding hydrogens is 472 g/mol. The van der Waals surface area contributed by atoms with Crippen molar-refractivity contribution in [2.75, 3.05) is 31.6 Å². The number of methoxy groups -OCH3 is 1. The second kappa shape index (κ2) is 11.0. The number of carbonyl (C=O) groups is 1. The molecule has 1 aromatic carbocycles. The minimum atomic E-state index is -0.209. The number of aromatic nitrogens is 6. The van der Waals surface area contributed by atoms with Gasteiger partial charge in [0.05, 0.1) is 19.3 Å². The van der Waals surface area contributed by atoms with E-state index >= 15 is 0 Å². The Morgan fingerprint density at radius 1 is 1.08 bits per heavy atom. The first-order valence-corrected chi connectivity index (χ1v) is 12.2. The molecule has 11 nitrogen and oxygen atoms in total. The van der Waals surface area contributed by atoms with E-state index in [0.29, 0.717) is 18.8 Å². The van der Waals surface area contributed by atoms with Crippen molar-refractivity contribution in [3.63, 3.8) is 0 Å². The number of hydrogen-bond donors (Lipinski definition) is 1. The fourth-order valence-electron chi connectivity index (χ4n) is 4.37. The quantitative estimate of drug-likeness (QED) is 0.390.